The molecule has 9 rings (SSSR count). The highest BCUT2D eigenvalue weighted by Crippen LogP contribution is 2.46. The number of likely N-dealkylation sites (tertiary alicyclic amines) is 1. The van der Waals surface area contributed by atoms with Crippen LogP contribution in [0.25, 0.3) is 22.2 Å². The van der Waals surface area contributed by atoms with E-state index in [1.807, 2.05) is 65.6 Å². The molecule has 2 amide bonds. The van der Waals surface area contributed by atoms with Crippen molar-refractivity contribution in [3.05, 3.63) is 180 Å². The Kier molecular flexibility index (Phi) is 8.15. The Hall–Kier alpha value is -6.41. The summed E-state index contributed by atoms with van der Waals surface area (Å²) in [4.78, 5) is 31.0. The normalized spacial score (nSPS) is 17.2. The van der Waals surface area contributed by atoms with Crippen LogP contribution in [0.2, 0.25) is 0 Å². The third-order valence-electron chi connectivity index (χ3n) is 11.0. The first kappa shape index (κ1) is 32.5. The lowest BCUT2D eigenvalue weighted by atomic mass is 9.77. The largest absolute Gasteiger partial charge is 0.472 e. The SMILES string of the molecule is O=C(OCc1ccccc1)N1CCC2(CCN(c3ccc4c(c3)c(-c3ccoc3)nn4C(c3ccccc3)(c3ccccc3)c3ccccc3)C2=O)C1. The predicted molar refractivity (Wildman–Crippen MR) is 204 cm³/mol. The van der Waals surface area contributed by atoms with Crippen molar-refractivity contribution >= 4 is 28.6 Å². The zero-order valence-electron chi connectivity index (χ0n) is 29.2. The van der Waals surface area contributed by atoms with Crippen LogP contribution < -0.4 is 4.90 Å². The van der Waals surface area contributed by atoms with Crippen LogP contribution in [-0.4, -0.2) is 46.3 Å². The average Bonchev–Trinajstić information content (AvgIpc) is 4.04. The fourth-order valence-corrected chi connectivity index (χ4v) is 8.33. The highest BCUT2D eigenvalue weighted by Gasteiger charge is 2.52. The second-order valence-corrected chi connectivity index (χ2v) is 14.0. The Balaban J connectivity index is 1.12. The third kappa shape index (κ3) is 5.49. The van der Waals surface area contributed by atoms with Gasteiger partial charge in [0.15, 0.2) is 0 Å². The number of ether oxygens (including phenoxy) is 1. The van der Waals surface area contributed by atoms with Gasteiger partial charge < -0.3 is 19.0 Å². The van der Waals surface area contributed by atoms with Gasteiger partial charge in [-0.05, 0) is 59.4 Å². The van der Waals surface area contributed by atoms with Crippen LogP contribution in [0.4, 0.5) is 10.5 Å². The summed E-state index contributed by atoms with van der Waals surface area (Å²) in [6.07, 6.45) is 4.27. The standard InChI is InChI=1S/C45H38N4O4/c50-42-44(24-26-47(32-44)43(51)53-30-33-13-5-1-6-14-33)25-27-48(42)38-21-22-40-39(29-38)41(34-23-28-52-31-34)46-49(40)45(35-15-7-2-8-16-35,36-17-9-3-10-18-36)37-19-11-4-12-20-37/h1-23,28-29,31H,24-27,30,32H2. The third-order valence-corrected chi connectivity index (χ3v) is 11.0. The van der Waals surface area contributed by atoms with Crippen LogP contribution in [0.1, 0.15) is 35.1 Å². The van der Waals surface area contributed by atoms with Crippen molar-refractivity contribution in [3.8, 4) is 11.3 Å². The molecule has 5 aromatic carbocycles. The lowest BCUT2D eigenvalue weighted by molar-refractivity contribution is -0.124. The summed E-state index contributed by atoms with van der Waals surface area (Å²) in [6.45, 7) is 1.61. The monoisotopic (exact) mass is 698 g/mol. The van der Waals surface area contributed by atoms with Gasteiger partial charge in [-0.15, -0.1) is 0 Å². The summed E-state index contributed by atoms with van der Waals surface area (Å²) >= 11 is 0. The molecule has 1 unspecified atom stereocenters. The molecule has 1 atom stereocenters. The van der Waals surface area contributed by atoms with Gasteiger partial charge in [-0.3, -0.25) is 4.79 Å². The Bertz CT molecular complexity index is 2280. The lowest BCUT2D eigenvalue weighted by Crippen LogP contribution is -2.39. The van der Waals surface area contributed by atoms with Gasteiger partial charge in [-0.1, -0.05) is 121 Å². The van der Waals surface area contributed by atoms with E-state index in [4.69, 9.17) is 14.3 Å². The summed E-state index contributed by atoms with van der Waals surface area (Å²) in [7, 11) is 0. The van der Waals surface area contributed by atoms with Crippen molar-refractivity contribution in [1.29, 1.82) is 0 Å². The molecule has 7 aromatic rings. The van der Waals surface area contributed by atoms with Gasteiger partial charge in [-0.2, -0.15) is 5.10 Å². The summed E-state index contributed by atoms with van der Waals surface area (Å²) < 4.78 is 13.4. The molecular formula is C45H38N4O4. The number of benzene rings is 5. The van der Waals surface area contributed by atoms with Crippen LogP contribution in [0.3, 0.4) is 0 Å². The van der Waals surface area contributed by atoms with Crippen molar-refractivity contribution in [2.75, 3.05) is 24.5 Å². The highest BCUT2D eigenvalue weighted by molar-refractivity contribution is 6.04. The Morgan fingerprint density at radius 2 is 1.36 bits per heavy atom. The summed E-state index contributed by atoms with van der Waals surface area (Å²) in [6, 6.07) is 49.2. The fraction of sp³-hybridized carbons (Fsp3) is 0.178. The van der Waals surface area contributed by atoms with E-state index in [2.05, 4.69) is 89.6 Å². The first-order valence-electron chi connectivity index (χ1n) is 18.1. The molecule has 0 N–H and O–H groups in total. The molecule has 2 aliphatic heterocycles. The van der Waals surface area contributed by atoms with Crippen molar-refractivity contribution in [1.82, 2.24) is 14.7 Å². The topological polar surface area (TPSA) is 80.8 Å². The maximum absolute atomic E-state index is 14.4. The number of fused-ring (bicyclic) bond motifs is 1. The van der Waals surface area contributed by atoms with Gasteiger partial charge in [0.05, 0.1) is 23.5 Å². The van der Waals surface area contributed by atoms with Crippen LogP contribution in [0, 0.1) is 5.41 Å². The minimum absolute atomic E-state index is 0.0414. The van der Waals surface area contributed by atoms with E-state index in [-0.39, 0.29) is 18.6 Å². The van der Waals surface area contributed by atoms with Crippen LogP contribution in [0.15, 0.2) is 163 Å². The lowest BCUT2D eigenvalue weighted by Gasteiger charge is -2.37. The maximum Gasteiger partial charge on any atom is 0.410 e. The molecule has 262 valence electrons. The average molecular weight is 699 g/mol. The minimum atomic E-state index is -0.832. The number of carbonyl (C=O) groups excluding carboxylic acids is 2. The van der Waals surface area contributed by atoms with Crippen LogP contribution >= 0.6 is 0 Å². The summed E-state index contributed by atoms with van der Waals surface area (Å²) in [5.74, 6) is 0.0414. The van der Waals surface area contributed by atoms with E-state index >= 15 is 0 Å². The van der Waals surface area contributed by atoms with Crippen molar-refractivity contribution < 1.29 is 18.7 Å². The molecule has 2 fully saturated rings. The molecule has 4 heterocycles. The van der Waals surface area contributed by atoms with Crippen LogP contribution in [-0.2, 0) is 21.7 Å². The number of carbonyl (C=O) groups is 2. The van der Waals surface area contributed by atoms with Crippen molar-refractivity contribution in [3.63, 3.8) is 0 Å². The molecular weight excluding hydrogens is 661 g/mol. The predicted octanol–water partition coefficient (Wildman–Crippen LogP) is 8.90. The Morgan fingerprint density at radius 1 is 0.755 bits per heavy atom. The van der Waals surface area contributed by atoms with Crippen LogP contribution in [0.5, 0.6) is 0 Å². The molecule has 8 nitrogen and oxygen atoms in total. The summed E-state index contributed by atoms with van der Waals surface area (Å²) in [5, 5.41) is 6.36. The van der Waals surface area contributed by atoms with Crippen molar-refractivity contribution in [2.45, 2.75) is 25.0 Å². The van der Waals surface area contributed by atoms with Gasteiger partial charge in [-0.25, -0.2) is 9.48 Å². The number of aromatic nitrogens is 2. The van der Waals surface area contributed by atoms with E-state index in [0.29, 0.717) is 32.5 Å². The van der Waals surface area contributed by atoms with E-state index in [1.54, 1.807) is 17.4 Å². The molecule has 0 aliphatic carbocycles. The maximum atomic E-state index is 14.4. The number of nitrogens with zero attached hydrogens (tertiary/aromatic N) is 4. The molecule has 2 aromatic heterocycles. The second-order valence-electron chi connectivity index (χ2n) is 14.0. The molecule has 0 bridgehead atoms. The molecule has 2 saturated heterocycles. The molecule has 0 saturated carbocycles. The number of rotatable bonds is 8. The minimum Gasteiger partial charge on any atom is -0.472 e. The number of hydrogen-bond acceptors (Lipinski definition) is 5. The molecule has 0 radical (unpaired) electrons. The first-order valence-corrected chi connectivity index (χ1v) is 18.1. The van der Waals surface area contributed by atoms with E-state index in [0.717, 1.165) is 50.1 Å². The first-order chi connectivity index (χ1) is 26.1. The van der Waals surface area contributed by atoms with E-state index in [1.165, 1.54) is 0 Å². The van der Waals surface area contributed by atoms with E-state index in [9.17, 15) is 9.59 Å². The smallest absolute Gasteiger partial charge is 0.410 e. The number of hydrogen-bond donors (Lipinski definition) is 0. The quantitative estimate of drug-likeness (QED) is 0.148. The van der Waals surface area contributed by atoms with Gasteiger partial charge in [0.25, 0.3) is 0 Å². The van der Waals surface area contributed by atoms with Gasteiger partial charge >= 0.3 is 6.09 Å². The number of anilines is 1. The molecule has 53 heavy (non-hydrogen) atoms. The molecule has 2 aliphatic rings. The second kappa shape index (κ2) is 13.3. The highest BCUT2D eigenvalue weighted by atomic mass is 16.6. The zero-order valence-corrected chi connectivity index (χ0v) is 29.2. The zero-order chi connectivity index (χ0) is 35.8. The van der Waals surface area contributed by atoms with Crippen molar-refractivity contribution in [2.24, 2.45) is 5.41 Å². The molecule has 1 spiro atoms. The van der Waals surface area contributed by atoms with E-state index < -0.39 is 11.0 Å². The molecule has 8 heteroatoms. The Morgan fingerprint density at radius 3 is 1.96 bits per heavy atom. The van der Waals surface area contributed by atoms with Gasteiger partial charge in [0, 0.05) is 36.3 Å². The Labute approximate surface area is 307 Å². The number of amides is 2. The van der Waals surface area contributed by atoms with Gasteiger partial charge in [0.1, 0.15) is 17.8 Å². The summed E-state index contributed by atoms with van der Waals surface area (Å²) in [5.41, 5.74) is 5.98. The number of furan rings is 1. The fourth-order valence-electron chi connectivity index (χ4n) is 8.33. The van der Waals surface area contributed by atoms with Gasteiger partial charge in [0.2, 0.25) is 5.91 Å².